The van der Waals surface area contributed by atoms with Gasteiger partial charge in [0.05, 0.1) is 18.1 Å². The molecule has 402 valence electrons. The van der Waals surface area contributed by atoms with E-state index < -0.39 is 0 Å². The molecule has 0 aromatic rings. The third kappa shape index (κ3) is 1850. The SMILES string of the molecule is C.C.C.C#CCC.C#CCC.C#CCSC.C#CCSC.C=C=C.C=C=C.C=C=C=C.C=C=C=C.C=C=C=C.C=C=C=C.C=C=C=C.C=C=C=C.CC#CC.CC#CC.CC#CC.CCC#CNCC=O.F.[3H]F. The first-order chi connectivity index (χ1) is 33.6. The van der Waals surface area contributed by atoms with Gasteiger partial charge in [0, 0.05) is 25.3 Å². The number of hydrogen-bond donors (Lipinski definition) is 1. The van der Waals surface area contributed by atoms with Crippen LogP contribution in [0.5, 0.6) is 0 Å². The third-order valence-corrected chi connectivity index (χ3v) is 3.81. The van der Waals surface area contributed by atoms with Gasteiger partial charge in [-0.1, -0.05) is 156 Å². The molecule has 0 radical (unpaired) electrons. The van der Waals surface area contributed by atoms with E-state index in [0.717, 1.165) is 37.1 Å². The summed E-state index contributed by atoms with van der Waals surface area (Å²) < 4.78 is 13.0. The van der Waals surface area contributed by atoms with E-state index in [1.165, 1.54) is 0 Å². The van der Waals surface area contributed by atoms with Crippen molar-refractivity contribution in [2.75, 3.05) is 30.6 Å². The molecule has 0 unspecified atom stereocenters. The highest BCUT2D eigenvalue weighted by Crippen LogP contribution is 1.84. The average Bonchev–Trinajstić information content (AvgIpc) is 3.42. The molecule has 0 aromatic carbocycles. The van der Waals surface area contributed by atoms with Crippen molar-refractivity contribution in [3.05, 3.63) is 186 Å². The van der Waals surface area contributed by atoms with Crippen molar-refractivity contribution in [2.45, 2.75) is 104 Å². The van der Waals surface area contributed by atoms with Crippen LogP contribution in [0.15, 0.2) is 186 Å². The molecular weight excluding hydrogens is 937 g/mol. The van der Waals surface area contributed by atoms with Gasteiger partial charge in [-0.05, 0) is 133 Å². The van der Waals surface area contributed by atoms with E-state index in [0.29, 0.717) is 6.54 Å². The minimum atomic E-state index is 0. The van der Waals surface area contributed by atoms with Crippen molar-refractivity contribution in [1.29, 1.82) is 1.45 Å². The Kier molecular flexibility index (Phi) is 592. The zero-order valence-corrected chi connectivity index (χ0v) is 46.6. The van der Waals surface area contributed by atoms with Crippen molar-refractivity contribution < 1.29 is 14.2 Å². The van der Waals surface area contributed by atoms with Gasteiger partial charge in [-0.15, -0.1) is 84.5 Å². The van der Waals surface area contributed by atoms with E-state index in [4.69, 9.17) is 30.4 Å². The smallest absolute Gasteiger partial charge is 0.269 e. The molecule has 0 atom stereocenters. The van der Waals surface area contributed by atoms with Crippen LogP contribution in [0.3, 0.4) is 0 Å². The molecule has 73 heavy (non-hydrogen) atoms. The molecule has 0 amide bonds. The normalized spacial score (nSPS) is 4.03. The summed E-state index contributed by atoms with van der Waals surface area (Å²) in [5.41, 5.74) is 32.3. The molecule has 0 aliphatic carbocycles. The van der Waals surface area contributed by atoms with Gasteiger partial charge >= 0.3 is 0 Å². The monoisotopic (exact) mass is 1040 g/mol. The number of aldehydes is 1. The van der Waals surface area contributed by atoms with Crippen molar-refractivity contribution in [2.24, 2.45) is 0 Å². The van der Waals surface area contributed by atoms with E-state index >= 15 is 0 Å². The summed E-state index contributed by atoms with van der Waals surface area (Å²) in [6.07, 6.45) is 26.6. The van der Waals surface area contributed by atoms with E-state index in [2.05, 4.69) is 263 Å². The molecule has 1 N–H and O–H groups in total. The molecule has 0 aliphatic rings. The minimum Gasteiger partial charge on any atom is -0.339 e. The predicted molar refractivity (Wildman–Crippen MR) is 347 cm³/mol. The van der Waals surface area contributed by atoms with E-state index in [9.17, 15) is 4.79 Å². The lowest BCUT2D eigenvalue weighted by Gasteiger charge is -1.81. The fourth-order valence-corrected chi connectivity index (χ4v) is 0.744. The minimum absolute atomic E-state index is 0. The lowest BCUT2D eigenvalue weighted by atomic mass is 10.5. The third-order valence-electron chi connectivity index (χ3n) is 2.90. The Labute approximate surface area is 465 Å². The van der Waals surface area contributed by atoms with Gasteiger partial charge in [0.15, 0.2) is 0 Å². The second-order valence-electron chi connectivity index (χ2n) is 7.71. The first kappa shape index (κ1) is 131. The van der Waals surface area contributed by atoms with Crippen LogP contribution in [0.2, 0.25) is 0 Å². The summed E-state index contributed by atoms with van der Waals surface area (Å²) in [4.78, 5) is 9.64. The average molecular weight is 1040 g/mol. The molecule has 0 spiro atoms. The summed E-state index contributed by atoms with van der Waals surface area (Å²) in [6, 6.07) is 2.60. The summed E-state index contributed by atoms with van der Waals surface area (Å²) in [6.45, 7) is 67.8. The first-order valence-corrected chi connectivity index (χ1v) is 21.6. The van der Waals surface area contributed by atoms with Crippen LogP contribution in [0.1, 0.15) is 104 Å². The van der Waals surface area contributed by atoms with Crippen LogP contribution in [0, 0.1) is 96.9 Å². The molecule has 6 heteroatoms. The predicted octanol–water partition coefficient (Wildman–Crippen LogP) is 18.1. The summed E-state index contributed by atoms with van der Waals surface area (Å²) in [5, 5.41) is 2.61. The van der Waals surface area contributed by atoms with Crippen LogP contribution in [0.25, 0.3) is 0 Å². The summed E-state index contributed by atoms with van der Waals surface area (Å²) in [7, 11) is 0. The van der Waals surface area contributed by atoms with Gasteiger partial charge in [0.2, 0.25) is 0 Å². The molecular formula is C67H97F2NOS2. The zero-order chi connectivity index (χ0) is 59.5. The molecule has 0 saturated carbocycles. The number of carbonyl (C=O) groups excluding carboxylic acids is 1. The maximum Gasteiger partial charge on any atom is 0.269 e. The number of rotatable bonds is 4. The highest BCUT2D eigenvalue weighted by molar-refractivity contribution is 7.99. The molecule has 0 aliphatic heterocycles. The highest BCUT2D eigenvalue weighted by Gasteiger charge is 1.68. The molecule has 0 saturated heterocycles. The number of halogens is 2. The van der Waals surface area contributed by atoms with Crippen LogP contribution in [-0.2, 0) is 4.79 Å². The molecule has 2 nitrogen and oxygen atoms in total. The summed E-state index contributed by atoms with van der Waals surface area (Å²) >= 11 is 3.33. The molecule has 0 fully saturated rings. The quantitative estimate of drug-likeness (QED) is 0.0999. The molecule has 0 heterocycles. The van der Waals surface area contributed by atoms with Gasteiger partial charge in [-0.3, -0.25) is 9.42 Å². The number of carbonyl (C=O) groups is 1. The molecule has 0 aromatic heterocycles. The second-order valence-corrected chi connectivity index (χ2v) is 9.45. The van der Waals surface area contributed by atoms with Crippen molar-refractivity contribution in [3.63, 3.8) is 0 Å². The largest absolute Gasteiger partial charge is 0.339 e. The number of thioether (sulfide) groups is 2. The van der Waals surface area contributed by atoms with E-state index in [-0.39, 0.29) is 27.0 Å². The Morgan fingerprint density at radius 1 is 0.425 bits per heavy atom. The fraction of sp³-hybridized carbons (Fsp3) is 0.299. The fourth-order valence-electron chi connectivity index (χ4n) is 0.410. The standard InChI is InChI=1S/C6H9NO.2C4H6S.5C4H6.6C4H4.2C3H4.3CH4.2FH/c1-2-3-4-7-5-6-8;2*1-3-4-5-2;11*1-3-4-2;2*1-3-2;;;;;/h6-7H,2,5H2,1H3;2*1H,4H2,2H3;3*1-2H3;2*1H,4H2,2H3;6*1-2H2;2*1-2H2;3*1H4;2*1H/i/hT. The van der Waals surface area contributed by atoms with Gasteiger partial charge in [-0.25, -0.2) is 0 Å². The topological polar surface area (TPSA) is 29.1 Å². The maximum absolute atomic E-state index is 9.64. The van der Waals surface area contributed by atoms with Crippen molar-refractivity contribution in [3.8, 4) is 96.9 Å². The van der Waals surface area contributed by atoms with Crippen LogP contribution in [-0.4, -0.2) is 38.3 Å². The van der Waals surface area contributed by atoms with Crippen molar-refractivity contribution in [1.82, 2.24) is 5.32 Å². The lowest BCUT2D eigenvalue weighted by molar-refractivity contribution is -0.107. The van der Waals surface area contributed by atoms with Gasteiger partial charge in [0.25, 0.3) is 1.45 Å². The van der Waals surface area contributed by atoms with Crippen LogP contribution in [0.4, 0.5) is 9.42 Å². The van der Waals surface area contributed by atoms with Gasteiger partial charge in [0.1, 0.15) is 6.29 Å². The van der Waals surface area contributed by atoms with Crippen molar-refractivity contribution >= 4 is 29.8 Å². The second kappa shape index (κ2) is 329. The first-order valence-electron chi connectivity index (χ1n) is 19.2. The van der Waals surface area contributed by atoms with Crippen LogP contribution >= 0.6 is 23.5 Å². The Morgan fingerprint density at radius 2 is 0.589 bits per heavy atom. The molecule has 0 bridgehead atoms. The van der Waals surface area contributed by atoms with Gasteiger partial charge in [-0.2, -0.15) is 23.5 Å². The lowest BCUT2D eigenvalue weighted by Crippen LogP contribution is -2.07. The number of terminal acetylenes is 4. The highest BCUT2D eigenvalue weighted by atomic mass is 32.2. The molecule has 0 rings (SSSR count). The Bertz CT molecular complexity index is 1670. The Morgan fingerprint density at radius 3 is 0.644 bits per heavy atom. The Balaban J connectivity index is -0.0000000213. The summed E-state index contributed by atoms with van der Waals surface area (Å²) in [5.74, 6) is 30.3. The van der Waals surface area contributed by atoms with Crippen LogP contribution < -0.4 is 5.32 Å². The van der Waals surface area contributed by atoms with Gasteiger partial charge < -0.3 is 10.1 Å². The zero-order valence-electron chi connectivity index (χ0n) is 46.0. The maximum atomic E-state index is 9.64. The number of hydrogen-bond acceptors (Lipinski definition) is 4. The van der Waals surface area contributed by atoms with E-state index in [1.54, 1.807) is 23.5 Å². The van der Waals surface area contributed by atoms with E-state index in [1.807, 2.05) is 74.8 Å². The number of nitrogens with one attached hydrogen (secondary N) is 1. The Hall–Kier alpha value is -8.65.